The fourth-order valence-corrected chi connectivity index (χ4v) is 5.23. The summed E-state index contributed by atoms with van der Waals surface area (Å²) in [5.74, 6) is -0.487. The van der Waals surface area contributed by atoms with Crippen molar-refractivity contribution in [1.29, 1.82) is 0 Å². The number of benzene rings is 2. The molecule has 0 radical (unpaired) electrons. The number of carbonyl (C=O) groups excluding carboxylic acids is 1. The van der Waals surface area contributed by atoms with Crippen LogP contribution in [-0.4, -0.2) is 24.1 Å². The van der Waals surface area contributed by atoms with Gasteiger partial charge in [-0.3, -0.25) is 4.79 Å². The number of sulfone groups is 1. The summed E-state index contributed by atoms with van der Waals surface area (Å²) in [4.78, 5) is 12.9. The minimum absolute atomic E-state index is 0.152. The first-order chi connectivity index (χ1) is 13.7. The van der Waals surface area contributed by atoms with Crippen LogP contribution in [-0.2, 0) is 21.3 Å². The average molecular weight is 450 g/mol. The van der Waals surface area contributed by atoms with Crippen molar-refractivity contribution < 1.29 is 13.2 Å². The van der Waals surface area contributed by atoms with Gasteiger partial charge in [-0.1, -0.05) is 35.3 Å². The number of hydrogen-bond donors (Lipinski definition) is 1. The van der Waals surface area contributed by atoms with Crippen molar-refractivity contribution in [2.75, 3.05) is 5.32 Å². The quantitative estimate of drug-likeness (QED) is 0.638. The number of aryl methyl sites for hydroxylation is 1. The molecule has 6 nitrogen and oxygen atoms in total. The first-order valence-corrected chi connectivity index (χ1v) is 11.4. The van der Waals surface area contributed by atoms with E-state index in [0.717, 1.165) is 16.8 Å². The zero-order chi connectivity index (χ0) is 20.9. The Labute approximate surface area is 178 Å². The van der Waals surface area contributed by atoms with Crippen molar-refractivity contribution in [2.24, 2.45) is 0 Å². The van der Waals surface area contributed by atoms with Gasteiger partial charge in [-0.05, 0) is 49.2 Å². The van der Waals surface area contributed by atoms with Crippen LogP contribution in [0.1, 0.15) is 32.7 Å². The molecule has 0 aliphatic carbocycles. The SMILES string of the molecule is Cc1cccc(-n2nc3c(c2NC(=O)c2cc(Cl)ccc2Cl)CS(=O)(=O)C3)c1C. The number of hydrogen-bond acceptors (Lipinski definition) is 4. The number of nitrogens with zero attached hydrogens (tertiary/aromatic N) is 2. The third kappa shape index (κ3) is 3.66. The Morgan fingerprint density at radius 3 is 2.66 bits per heavy atom. The molecule has 0 spiro atoms. The Morgan fingerprint density at radius 2 is 1.90 bits per heavy atom. The summed E-state index contributed by atoms with van der Waals surface area (Å²) in [7, 11) is -3.29. The van der Waals surface area contributed by atoms with E-state index in [1.807, 2.05) is 32.0 Å². The second-order valence-corrected chi connectivity index (χ2v) is 9.92. The summed E-state index contributed by atoms with van der Waals surface area (Å²) in [5.41, 5.74) is 3.94. The van der Waals surface area contributed by atoms with Crippen LogP contribution in [0.15, 0.2) is 36.4 Å². The van der Waals surface area contributed by atoms with Crippen LogP contribution in [0.4, 0.5) is 5.82 Å². The number of anilines is 1. The van der Waals surface area contributed by atoms with Crippen LogP contribution in [0.2, 0.25) is 10.0 Å². The lowest BCUT2D eigenvalue weighted by Crippen LogP contribution is -2.18. The summed E-state index contributed by atoms with van der Waals surface area (Å²) in [6, 6.07) is 10.3. The van der Waals surface area contributed by atoms with Gasteiger partial charge >= 0.3 is 0 Å². The molecule has 4 rings (SSSR count). The second-order valence-electron chi connectivity index (χ2n) is 7.02. The topological polar surface area (TPSA) is 81.1 Å². The zero-order valence-electron chi connectivity index (χ0n) is 15.7. The summed E-state index contributed by atoms with van der Waals surface area (Å²) in [5, 5.41) is 7.94. The minimum Gasteiger partial charge on any atom is -0.306 e. The Morgan fingerprint density at radius 1 is 1.14 bits per heavy atom. The van der Waals surface area contributed by atoms with Gasteiger partial charge in [-0.15, -0.1) is 0 Å². The predicted octanol–water partition coefficient (Wildman–Crippen LogP) is 4.48. The van der Waals surface area contributed by atoms with Gasteiger partial charge in [0.05, 0.1) is 33.5 Å². The fraction of sp³-hybridized carbons (Fsp3) is 0.200. The first kappa shape index (κ1) is 19.9. The molecule has 2 heterocycles. The average Bonchev–Trinajstić information content (AvgIpc) is 3.12. The maximum Gasteiger partial charge on any atom is 0.258 e. The lowest BCUT2D eigenvalue weighted by molar-refractivity contribution is 0.102. The molecule has 1 aromatic heterocycles. The van der Waals surface area contributed by atoms with Crippen LogP contribution in [0.25, 0.3) is 5.69 Å². The highest BCUT2D eigenvalue weighted by molar-refractivity contribution is 7.90. The number of halogens is 2. The third-order valence-electron chi connectivity index (χ3n) is 5.00. The Bertz CT molecular complexity index is 1270. The van der Waals surface area contributed by atoms with E-state index < -0.39 is 15.7 Å². The molecular formula is C20H17Cl2N3O3S. The van der Waals surface area contributed by atoms with Crippen LogP contribution < -0.4 is 5.32 Å². The standard InChI is InChI=1S/C20H17Cl2N3O3S/c1-11-4-3-5-18(12(11)2)25-19(15-9-29(27,28)10-17(15)24-25)23-20(26)14-8-13(21)6-7-16(14)22/h3-8H,9-10H2,1-2H3,(H,23,26). The van der Waals surface area contributed by atoms with E-state index >= 15 is 0 Å². The highest BCUT2D eigenvalue weighted by Gasteiger charge is 2.33. The van der Waals surface area contributed by atoms with Gasteiger partial charge in [-0.25, -0.2) is 13.1 Å². The molecule has 1 aliphatic heterocycles. The van der Waals surface area contributed by atoms with Gasteiger partial charge in [0.25, 0.3) is 5.91 Å². The first-order valence-electron chi connectivity index (χ1n) is 8.80. The van der Waals surface area contributed by atoms with Gasteiger partial charge in [0.1, 0.15) is 5.82 Å². The molecular weight excluding hydrogens is 433 g/mol. The normalized spacial score (nSPS) is 14.6. The van der Waals surface area contributed by atoms with E-state index in [2.05, 4.69) is 10.4 Å². The molecule has 0 saturated carbocycles. The predicted molar refractivity (Wildman–Crippen MR) is 114 cm³/mol. The lowest BCUT2D eigenvalue weighted by atomic mass is 10.1. The van der Waals surface area contributed by atoms with Gasteiger partial charge in [0, 0.05) is 10.6 Å². The van der Waals surface area contributed by atoms with Gasteiger partial charge < -0.3 is 5.32 Å². The number of fused-ring (bicyclic) bond motifs is 1. The number of amides is 1. The summed E-state index contributed by atoms with van der Waals surface area (Å²) in [6.45, 7) is 3.93. The number of rotatable bonds is 3. The number of aromatic nitrogens is 2. The van der Waals surface area contributed by atoms with Gasteiger partial charge in [-0.2, -0.15) is 5.10 Å². The van der Waals surface area contributed by atoms with Crippen molar-refractivity contribution in [3.8, 4) is 5.69 Å². The van der Waals surface area contributed by atoms with E-state index in [4.69, 9.17) is 23.2 Å². The largest absolute Gasteiger partial charge is 0.306 e. The van der Waals surface area contributed by atoms with E-state index in [1.165, 1.54) is 12.1 Å². The van der Waals surface area contributed by atoms with Crippen molar-refractivity contribution in [3.05, 3.63) is 74.4 Å². The Kier molecular flexibility index (Phi) is 4.93. The van der Waals surface area contributed by atoms with Crippen molar-refractivity contribution >= 4 is 44.8 Å². The molecule has 0 fully saturated rings. The lowest BCUT2D eigenvalue weighted by Gasteiger charge is -2.14. The van der Waals surface area contributed by atoms with Gasteiger partial charge in [0.2, 0.25) is 0 Å². The van der Waals surface area contributed by atoms with Crippen LogP contribution >= 0.6 is 23.2 Å². The molecule has 29 heavy (non-hydrogen) atoms. The minimum atomic E-state index is -3.29. The molecule has 0 saturated heterocycles. The maximum absolute atomic E-state index is 12.9. The van der Waals surface area contributed by atoms with E-state index in [9.17, 15) is 13.2 Å². The van der Waals surface area contributed by atoms with E-state index in [-0.39, 0.29) is 22.1 Å². The molecule has 2 aromatic carbocycles. The number of carbonyl (C=O) groups is 1. The van der Waals surface area contributed by atoms with E-state index in [0.29, 0.717) is 22.1 Å². The second kappa shape index (κ2) is 7.16. The monoisotopic (exact) mass is 449 g/mol. The van der Waals surface area contributed by atoms with E-state index in [1.54, 1.807) is 10.7 Å². The summed E-state index contributed by atoms with van der Waals surface area (Å²) >= 11 is 12.2. The molecule has 1 N–H and O–H groups in total. The molecule has 1 amide bonds. The third-order valence-corrected chi connectivity index (χ3v) is 7.00. The highest BCUT2D eigenvalue weighted by atomic mass is 35.5. The smallest absolute Gasteiger partial charge is 0.258 e. The Balaban J connectivity index is 1.84. The van der Waals surface area contributed by atoms with Crippen molar-refractivity contribution in [2.45, 2.75) is 25.4 Å². The Hall–Kier alpha value is -2.35. The highest BCUT2D eigenvalue weighted by Crippen LogP contribution is 2.34. The maximum atomic E-state index is 12.9. The molecule has 3 aromatic rings. The molecule has 0 bridgehead atoms. The molecule has 150 valence electrons. The van der Waals surface area contributed by atoms with Crippen molar-refractivity contribution in [3.63, 3.8) is 0 Å². The summed E-state index contributed by atoms with van der Waals surface area (Å²) in [6.07, 6.45) is 0. The van der Waals surface area contributed by atoms with Crippen LogP contribution in [0.5, 0.6) is 0 Å². The fourth-order valence-electron chi connectivity index (χ4n) is 3.36. The molecule has 9 heteroatoms. The molecule has 0 unspecified atom stereocenters. The zero-order valence-corrected chi connectivity index (χ0v) is 18.0. The molecule has 0 atom stereocenters. The van der Waals surface area contributed by atoms with Gasteiger partial charge in [0.15, 0.2) is 9.84 Å². The molecule has 1 aliphatic rings. The number of nitrogens with one attached hydrogen (secondary N) is 1. The summed E-state index contributed by atoms with van der Waals surface area (Å²) < 4.78 is 25.8. The van der Waals surface area contributed by atoms with Crippen molar-refractivity contribution in [1.82, 2.24) is 9.78 Å². The van der Waals surface area contributed by atoms with Crippen LogP contribution in [0, 0.1) is 13.8 Å². The van der Waals surface area contributed by atoms with Crippen LogP contribution in [0.3, 0.4) is 0 Å².